The lowest BCUT2D eigenvalue weighted by Gasteiger charge is -2.36. The van der Waals surface area contributed by atoms with E-state index in [2.05, 4.69) is 46.7 Å². The third-order valence-electron chi connectivity index (χ3n) is 8.36. The highest BCUT2D eigenvalue weighted by molar-refractivity contribution is 5.80. The van der Waals surface area contributed by atoms with Gasteiger partial charge in [0.1, 0.15) is 0 Å². The van der Waals surface area contributed by atoms with Gasteiger partial charge in [-0.25, -0.2) is 0 Å². The summed E-state index contributed by atoms with van der Waals surface area (Å²) in [5, 5.41) is 0. The van der Waals surface area contributed by atoms with Crippen molar-refractivity contribution in [1.29, 1.82) is 0 Å². The van der Waals surface area contributed by atoms with Crippen LogP contribution in [0.4, 0.5) is 11.4 Å². The van der Waals surface area contributed by atoms with Gasteiger partial charge in [0.2, 0.25) is 5.91 Å². The molecule has 2 N–H and O–H groups in total. The first-order valence-electron chi connectivity index (χ1n) is 13.3. The van der Waals surface area contributed by atoms with Gasteiger partial charge in [0.15, 0.2) is 0 Å². The largest absolute Gasteiger partial charge is 0.352 e. The lowest BCUT2D eigenvalue weighted by atomic mass is 9.84. The molecule has 0 spiro atoms. The molecular weight excluding hydrogens is 396 g/mol. The second kappa shape index (κ2) is 10.9. The third-order valence-corrected chi connectivity index (χ3v) is 8.36. The van der Waals surface area contributed by atoms with E-state index in [1.165, 1.54) is 81.1 Å². The van der Waals surface area contributed by atoms with Crippen LogP contribution in [0.1, 0.15) is 90.0 Å². The Morgan fingerprint density at radius 1 is 1.03 bits per heavy atom. The number of amides is 1. The smallest absolute Gasteiger partial charge is 0.224 e. The minimum Gasteiger partial charge on any atom is -0.352 e. The fraction of sp³-hybridized carbons (Fsp3) is 0.741. The van der Waals surface area contributed by atoms with Crippen molar-refractivity contribution in [2.45, 2.75) is 103 Å². The van der Waals surface area contributed by atoms with Crippen molar-refractivity contribution in [1.82, 2.24) is 4.90 Å². The van der Waals surface area contributed by atoms with Crippen LogP contribution in [0, 0.1) is 5.92 Å². The summed E-state index contributed by atoms with van der Waals surface area (Å²) in [4.78, 5) is 20.4. The van der Waals surface area contributed by atoms with Crippen LogP contribution in [-0.2, 0) is 11.3 Å². The molecule has 5 nitrogen and oxygen atoms in total. The average Bonchev–Trinajstić information content (AvgIpc) is 3.21. The molecule has 0 aromatic heterocycles. The van der Waals surface area contributed by atoms with Crippen molar-refractivity contribution in [3.05, 3.63) is 23.8 Å². The summed E-state index contributed by atoms with van der Waals surface area (Å²) < 4.78 is 0. The molecule has 1 heterocycles. The number of carbonyl (C=O) groups is 1. The van der Waals surface area contributed by atoms with E-state index < -0.39 is 0 Å². The number of anilines is 2. The summed E-state index contributed by atoms with van der Waals surface area (Å²) >= 11 is 0. The molecular formula is C27H44N4O. The maximum Gasteiger partial charge on any atom is 0.224 e. The van der Waals surface area contributed by atoms with E-state index in [1.807, 2.05) is 0 Å². The fourth-order valence-corrected chi connectivity index (χ4v) is 6.30. The summed E-state index contributed by atoms with van der Waals surface area (Å²) in [6, 6.07) is 7.79. The summed E-state index contributed by atoms with van der Waals surface area (Å²) in [6.45, 7) is 7.57. The number of nitrogens with zero attached hydrogens (tertiary/aromatic N) is 3. The van der Waals surface area contributed by atoms with Gasteiger partial charge in [-0.3, -0.25) is 4.79 Å². The second-order valence-corrected chi connectivity index (χ2v) is 10.2. The van der Waals surface area contributed by atoms with E-state index in [-0.39, 0.29) is 0 Å². The van der Waals surface area contributed by atoms with Gasteiger partial charge in [-0.05, 0) is 69.1 Å². The number of carbonyl (C=O) groups excluding carboxylic acids is 1. The summed E-state index contributed by atoms with van der Waals surface area (Å²) in [7, 11) is 0. The van der Waals surface area contributed by atoms with E-state index in [0.717, 1.165) is 25.7 Å². The first kappa shape index (κ1) is 23.4. The molecule has 2 fully saturated rings. The Morgan fingerprint density at radius 2 is 1.78 bits per heavy atom. The van der Waals surface area contributed by atoms with Crippen LogP contribution < -0.4 is 15.5 Å². The molecule has 178 valence electrons. The van der Waals surface area contributed by atoms with Gasteiger partial charge in [-0.2, -0.15) is 0 Å². The summed E-state index contributed by atoms with van der Waals surface area (Å²) in [5.41, 5.74) is 9.76. The van der Waals surface area contributed by atoms with E-state index in [1.54, 1.807) is 0 Å². The normalized spacial score (nSPS) is 24.0. The predicted molar refractivity (Wildman–Crippen MR) is 134 cm³/mol. The van der Waals surface area contributed by atoms with Gasteiger partial charge < -0.3 is 20.4 Å². The monoisotopic (exact) mass is 440 g/mol. The second-order valence-electron chi connectivity index (χ2n) is 10.2. The molecule has 3 aliphatic rings. The Labute approximate surface area is 195 Å². The van der Waals surface area contributed by atoms with E-state index >= 15 is 0 Å². The van der Waals surface area contributed by atoms with Gasteiger partial charge >= 0.3 is 0 Å². The van der Waals surface area contributed by atoms with Crippen molar-refractivity contribution in [2.24, 2.45) is 11.7 Å². The molecule has 0 saturated heterocycles. The fourth-order valence-electron chi connectivity index (χ4n) is 6.30. The lowest BCUT2D eigenvalue weighted by molar-refractivity contribution is -0.133. The number of hydrogen-bond donors (Lipinski definition) is 1. The first-order chi connectivity index (χ1) is 15.6. The molecule has 0 bridgehead atoms. The minimum absolute atomic E-state index is 0.331. The van der Waals surface area contributed by atoms with Crippen LogP contribution >= 0.6 is 0 Å². The van der Waals surface area contributed by atoms with Crippen molar-refractivity contribution in [3.8, 4) is 0 Å². The standard InChI is InChI=1S/C27H44N4O/c1-3-21-10-13-24(14-11-21)31-20-29(26-18-22(19-28)12-15-25(26)31)17-16-27(32)30(4-2)23-8-6-5-7-9-23/h12,15,18,21,23-24H,3-11,13-14,16-17,19-20,28H2,1-2H3/t21-,24-. The minimum atomic E-state index is 0.331. The van der Waals surface area contributed by atoms with Gasteiger partial charge in [-0.15, -0.1) is 0 Å². The van der Waals surface area contributed by atoms with Crippen LogP contribution in [-0.4, -0.2) is 42.6 Å². The molecule has 1 aliphatic heterocycles. The lowest BCUT2D eigenvalue weighted by Crippen LogP contribution is -2.44. The van der Waals surface area contributed by atoms with E-state index in [4.69, 9.17) is 5.73 Å². The van der Waals surface area contributed by atoms with Crippen molar-refractivity contribution in [3.63, 3.8) is 0 Å². The van der Waals surface area contributed by atoms with E-state index in [9.17, 15) is 4.79 Å². The van der Waals surface area contributed by atoms with Gasteiger partial charge in [-0.1, -0.05) is 38.7 Å². The Morgan fingerprint density at radius 3 is 2.44 bits per heavy atom. The van der Waals surface area contributed by atoms with Crippen molar-refractivity contribution in [2.75, 3.05) is 29.6 Å². The predicted octanol–water partition coefficient (Wildman–Crippen LogP) is 5.27. The van der Waals surface area contributed by atoms with Gasteiger partial charge in [0.25, 0.3) is 0 Å². The van der Waals surface area contributed by atoms with Gasteiger partial charge in [0.05, 0.1) is 18.0 Å². The van der Waals surface area contributed by atoms with E-state index in [0.29, 0.717) is 31.0 Å². The quantitative estimate of drug-likeness (QED) is 0.598. The molecule has 4 rings (SSSR count). The number of nitrogens with two attached hydrogens (primary N) is 1. The molecule has 0 atom stereocenters. The zero-order chi connectivity index (χ0) is 22.5. The highest BCUT2D eigenvalue weighted by atomic mass is 16.2. The molecule has 0 unspecified atom stereocenters. The van der Waals surface area contributed by atoms with Crippen LogP contribution in [0.2, 0.25) is 0 Å². The maximum absolute atomic E-state index is 13.2. The summed E-state index contributed by atoms with van der Waals surface area (Å²) in [6.07, 6.45) is 13.4. The van der Waals surface area contributed by atoms with Crippen molar-refractivity contribution >= 4 is 17.3 Å². The number of hydrogen-bond acceptors (Lipinski definition) is 4. The Hall–Kier alpha value is -1.75. The van der Waals surface area contributed by atoms with Crippen LogP contribution in [0.15, 0.2) is 18.2 Å². The molecule has 0 radical (unpaired) electrons. The molecule has 1 amide bonds. The summed E-state index contributed by atoms with van der Waals surface area (Å²) in [5.74, 6) is 1.24. The maximum atomic E-state index is 13.2. The Bertz CT molecular complexity index is 752. The molecule has 1 aromatic rings. The Balaban J connectivity index is 1.43. The van der Waals surface area contributed by atoms with Crippen LogP contribution in [0.25, 0.3) is 0 Å². The van der Waals surface area contributed by atoms with Gasteiger partial charge in [0, 0.05) is 38.1 Å². The first-order valence-corrected chi connectivity index (χ1v) is 13.3. The highest BCUT2D eigenvalue weighted by Gasteiger charge is 2.34. The zero-order valence-electron chi connectivity index (χ0n) is 20.4. The third kappa shape index (κ3) is 5.08. The molecule has 5 heteroatoms. The molecule has 32 heavy (non-hydrogen) atoms. The van der Waals surface area contributed by atoms with Crippen LogP contribution in [0.5, 0.6) is 0 Å². The Kier molecular flexibility index (Phi) is 7.98. The molecule has 2 saturated carbocycles. The SMILES string of the molecule is CCN(C(=O)CCN1CN([C@H]2CC[C@H](CC)CC2)c2ccc(CN)cc21)C1CCCCC1. The number of rotatable bonds is 8. The molecule has 2 aliphatic carbocycles. The zero-order valence-corrected chi connectivity index (χ0v) is 20.4. The number of benzene rings is 1. The van der Waals surface area contributed by atoms with Crippen molar-refractivity contribution < 1.29 is 4.79 Å². The topological polar surface area (TPSA) is 52.8 Å². The average molecular weight is 441 g/mol. The van der Waals surface area contributed by atoms with Crippen LogP contribution in [0.3, 0.4) is 0 Å². The number of fused-ring (bicyclic) bond motifs is 1. The highest BCUT2D eigenvalue weighted by Crippen LogP contribution is 2.41. The molecule has 1 aromatic carbocycles.